The van der Waals surface area contributed by atoms with Gasteiger partial charge < -0.3 is 10.1 Å². The number of amides is 1. The van der Waals surface area contributed by atoms with Gasteiger partial charge in [0.25, 0.3) is 0 Å². The van der Waals surface area contributed by atoms with E-state index in [0.29, 0.717) is 31.1 Å². The average molecular weight is 450 g/mol. The van der Waals surface area contributed by atoms with Gasteiger partial charge in [0, 0.05) is 19.6 Å². The summed E-state index contributed by atoms with van der Waals surface area (Å²) in [5.74, 6) is -0.238. The number of benzene rings is 2. The molecule has 7 nitrogen and oxygen atoms in total. The maximum absolute atomic E-state index is 13.0. The Morgan fingerprint density at radius 1 is 1.13 bits per heavy atom. The first kappa shape index (κ1) is 23.2. The molecule has 1 N–H and O–H groups in total. The Bertz CT molecular complexity index is 1010. The number of piperidine rings is 1. The van der Waals surface area contributed by atoms with Gasteiger partial charge in [0.15, 0.2) is 0 Å². The third-order valence-corrected chi connectivity index (χ3v) is 7.07. The van der Waals surface area contributed by atoms with E-state index < -0.39 is 10.0 Å². The SMILES string of the molecule is COc1ccc(S(=O)(=O)N2CCCCC2)cc1NC(=O)CN(C)Cc1ccc(F)cc1. The highest BCUT2D eigenvalue weighted by molar-refractivity contribution is 7.89. The van der Waals surface area contributed by atoms with Crippen LogP contribution in [0.25, 0.3) is 0 Å². The summed E-state index contributed by atoms with van der Waals surface area (Å²) < 4.78 is 45.8. The first-order valence-electron chi connectivity index (χ1n) is 10.2. The summed E-state index contributed by atoms with van der Waals surface area (Å²) in [6, 6.07) is 10.6. The summed E-state index contributed by atoms with van der Waals surface area (Å²) in [6.07, 6.45) is 2.72. The molecule has 0 bridgehead atoms. The number of anilines is 1. The Morgan fingerprint density at radius 3 is 2.45 bits per heavy atom. The molecular formula is C22H28FN3O4S. The molecule has 1 aliphatic rings. The molecule has 3 rings (SSSR count). The summed E-state index contributed by atoms with van der Waals surface area (Å²) in [4.78, 5) is 14.5. The lowest BCUT2D eigenvalue weighted by Gasteiger charge is -2.26. The zero-order valence-corrected chi connectivity index (χ0v) is 18.6. The van der Waals surface area contributed by atoms with Gasteiger partial charge >= 0.3 is 0 Å². The number of carbonyl (C=O) groups is 1. The van der Waals surface area contributed by atoms with Gasteiger partial charge in [0.1, 0.15) is 11.6 Å². The standard InChI is InChI=1S/C22H28FN3O4S/c1-25(15-17-6-8-18(23)9-7-17)16-22(27)24-20-14-19(10-11-21(20)30-2)31(28,29)26-12-4-3-5-13-26/h6-11,14H,3-5,12-13,15-16H2,1-2H3,(H,24,27). The molecule has 31 heavy (non-hydrogen) atoms. The van der Waals surface area contributed by atoms with Crippen molar-refractivity contribution < 1.29 is 22.3 Å². The molecule has 2 aromatic carbocycles. The van der Waals surface area contributed by atoms with Crippen LogP contribution in [0.15, 0.2) is 47.4 Å². The molecule has 0 saturated carbocycles. The Balaban J connectivity index is 1.70. The maximum Gasteiger partial charge on any atom is 0.243 e. The van der Waals surface area contributed by atoms with Crippen LogP contribution in [0.3, 0.4) is 0 Å². The van der Waals surface area contributed by atoms with Gasteiger partial charge in [-0.25, -0.2) is 12.8 Å². The fraction of sp³-hybridized carbons (Fsp3) is 0.409. The number of hydrogen-bond donors (Lipinski definition) is 1. The van der Waals surface area contributed by atoms with Crippen LogP contribution in [-0.4, -0.2) is 57.3 Å². The Kier molecular flexibility index (Phi) is 7.64. The molecule has 0 atom stereocenters. The molecule has 0 radical (unpaired) electrons. The number of ether oxygens (including phenoxy) is 1. The second-order valence-corrected chi connectivity index (χ2v) is 9.61. The lowest BCUT2D eigenvalue weighted by atomic mass is 10.2. The third kappa shape index (κ3) is 6.03. The van der Waals surface area contributed by atoms with E-state index in [1.54, 1.807) is 30.1 Å². The number of nitrogens with zero attached hydrogens (tertiary/aromatic N) is 2. The van der Waals surface area contributed by atoms with Crippen LogP contribution in [0.1, 0.15) is 24.8 Å². The van der Waals surface area contributed by atoms with Crippen molar-refractivity contribution in [1.29, 1.82) is 0 Å². The van der Waals surface area contributed by atoms with Crippen LogP contribution in [0.2, 0.25) is 0 Å². The summed E-state index contributed by atoms with van der Waals surface area (Å²) in [5, 5.41) is 2.75. The number of carbonyl (C=O) groups excluding carboxylic acids is 1. The summed E-state index contributed by atoms with van der Waals surface area (Å²) in [7, 11) is -0.389. The van der Waals surface area contributed by atoms with Gasteiger partial charge in [0.05, 0.1) is 24.2 Å². The van der Waals surface area contributed by atoms with Crippen molar-refractivity contribution in [2.24, 2.45) is 0 Å². The largest absolute Gasteiger partial charge is 0.495 e. The Hall–Kier alpha value is -2.49. The van der Waals surface area contributed by atoms with Crippen molar-refractivity contribution in [1.82, 2.24) is 9.21 Å². The number of nitrogens with one attached hydrogen (secondary N) is 1. The van der Waals surface area contributed by atoms with Crippen LogP contribution in [0.4, 0.5) is 10.1 Å². The van der Waals surface area contributed by atoms with E-state index >= 15 is 0 Å². The second kappa shape index (κ2) is 10.2. The number of rotatable bonds is 8. The molecule has 1 amide bonds. The van der Waals surface area contributed by atoms with Gasteiger partial charge in [0.2, 0.25) is 15.9 Å². The first-order valence-corrected chi connectivity index (χ1v) is 11.6. The molecule has 0 unspecified atom stereocenters. The molecule has 0 aromatic heterocycles. The maximum atomic E-state index is 13.0. The second-order valence-electron chi connectivity index (χ2n) is 7.67. The summed E-state index contributed by atoms with van der Waals surface area (Å²) in [6.45, 7) is 1.55. The molecule has 1 aliphatic heterocycles. The fourth-order valence-corrected chi connectivity index (χ4v) is 5.14. The van der Waals surface area contributed by atoms with Gasteiger partial charge in [-0.15, -0.1) is 0 Å². The number of halogens is 1. The molecule has 1 saturated heterocycles. The van der Waals surface area contributed by atoms with E-state index in [1.807, 2.05) is 0 Å². The molecule has 168 valence electrons. The van der Waals surface area contributed by atoms with Crippen molar-refractivity contribution in [3.63, 3.8) is 0 Å². The number of sulfonamides is 1. The first-order chi connectivity index (χ1) is 14.8. The van der Waals surface area contributed by atoms with E-state index in [2.05, 4.69) is 5.32 Å². The lowest BCUT2D eigenvalue weighted by molar-refractivity contribution is -0.117. The molecular weight excluding hydrogens is 421 g/mol. The van der Waals surface area contributed by atoms with Gasteiger partial charge in [-0.2, -0.15) is 4.31 Å². The third-order valence-electron chi connectivity index (χ3n) is 5.18. The van der Waals surface area contributed by atoms with Crippen LogP contribution in [0.5, 0.6) is 5.75 Å². The topological polar surface area (TPSA) is 79.0 Å². The predicted octanol–water partition coefficient (Wildman–Crippen LogP) is 3.08. The molecule has 9 heteroatoms. The molecule has 0 aliphatic carbocycles. The fourth-order valence-electron chi connectivity index (χ4n) is 3.59. The number of methoxy groups -OCH3 is 1. The van der Waals surface area contributed by atoms with Crippen LogP contribution in [-0.2, 0) is 21.4 Å². The predicted molar refractivity (Wildman–Crippen MR) is 117 cm³/mol. The van der Waals surface area contributed by atoms with Gasteiger partial charge in [-0.05, 0) is 55.8 Å². The minimum atomic E-state index is -3.63. The lowest BCUT2D eigenvalue weighted by Crippen LogP contribution is -2.35. The van der Waals surface area contributed by atoms with Crippen LogP contribution >= 0.6 is 0 Å². The molecule has 1 heterocycles. The molecule has 1 fully saturated rings. The summed E-state index contributed by atoms with van der Waals surface area (Å²) >= 11 is 0. The van der Waals surface area contributed by atoms with Crippen molar-refractivity contribution in [2.75, 3.05) is 39.1 Å². The Morgan fingerprint density at radius 2 is 1.81 bits per heavy atom. The average Bonchev–Trinajstić information content (AvgIpc) is 2.75. The minimum Gasteiger partial charge on any atom is -0.495 e. The number of likely N-dealkylation sites (N-methyl/N-ethyl adjacent to an activating group) is 1. The van der Waals surface area contributed by atoms with Crippen molar-refractivity contribution in [3.8, 4) is 5.75 Å². The smallest absolute Gasteiger partial charge is 0.243 e. The van der Waals surface area contributed by atoms with Gasteiger partial charge in [-0.1, -0.05) is 18.6 Å². The van der Waals surface area contributed by atoms with Gasteiger partial charge in [-0.3, -0.25) is 9.69 Å². The van der Waals surface area contributed by atoms with E-state index in [-0.39, 0.29) is 23.2 Å². The molecule has 0 spiro atoms. The quantitative estimate of drug-likeness (QED) is 0.670. The highest BCUT2D eigenvalue weighted by Crippen LogP contribution is 2.30. The van der Waals surface area contributed by atoms with Crippen molar-refractivity contribution >= 4 is 21.6 Å². The van der Waals surface area contributed by atoms with Crippen LogP contribution in [0, 0.1) is 5.82 Å². The zero-order valence-electron chi connectivity index (χ0n) is 17.8. The highest BCUT2D eigenvalue weighted by Gasteiger charge is 2.27. The van der Waals surface area contributed by atoms with Crippen LogP contribution < -0.4 is 10.1 Å². The van der Waals surface area contributed by atoms with E-state index in [4.69, 9.17) is 4.74 Å². The van der Waals surface area contributed by atoms with E-state index in [0.717, 1.165) is 24.8 Å². The van der Waals surface area contributed by atoms with E-state index in [1.165, 1.54) is 35.7 Å². The van der Waals surface area contributed by atoms with Crippen molar-refractivity contribution in [3.05, 3.63) is 53.8 Å². The monoisotopic (exact) mass is 449 g/mol. The Labute approximate surface area is 182 Å². The molecule has 2 aromatic rings. The normalized spacial score (nSPS) is 15.1. The summed E-state index contributed by atoms with van der Waals surface area (Å²) in [5.41, 5.74) is 1.18. The number of hydrogen-bond acceptors (Lipinski definition) is 5. The zero-order chi connectivity index (χ0) is 22.4. The van der Waals surface area contributed by atoms with Crippen molar-refractivity contribution in [2.45, 2.75) is 30.7 Å². The van der Waals surface area contributed by atoms with E-state index in [9.17, 15) is 17.6 Å². The highest BCUT2D eigenvalue weighted by atomic mass is 32.2. The minimum absolute atomic E-state index is 0.0730.